The number of hydrogen-bond acceptors (Lipinski definition) is 3. The van der Waals surface area contributed by atoms with Crippen LogP contribution >= 0.6 is 0 Å². The molecule has 0 atom stereocenters. The molecule has 0 aliphatic carbocycles. The summed E-state index contributed by atoms with van der Waals surface area (Å²) in [6, 6.07) is 11.1. The molecule has 3 aromatic rings. The number of sulfonamides is 1. The molecule has 0 spiro atoms. The van der Waals surface area contributed by atoms with Gasteiger partial charge >= 0.3 is 0 Å². The molecule has 0 radical (unpaired) electrons. The van der Waals surface area contributed by atoms with Gasteiger partial charge in [0.25, 0.3) is 5.91 Å². The number of halogens is 1. The molecule has 1 aliphatic heterocycles. The summed E-state index contributed by atoms with van der Waals surface area (Å²) in [7, 11) is -3.96. The maximum absolute atomic E-state index is 14.3. The average molecular weight is 444 g/mol. The van der Waals surface area contributed by atoms with Gasteiger partial charge in [-0.2, -0.15) is 4.31 Å². The van der Waals surface area contributed by atoms with Gasteiger partial charge in [-0.25, -0.2) is 12.8 Å². The predicted molar refractivity (Wildman–Crippen MR) is 119 cm³/mol. The zero-order valence-corrected chi connectivity index (χ0v) is 18.5. The van der Waals surface area contributed by atoms with E-state index in [-0.39, 0.29) is 5.56 Å². The standard InChI is InChI=1S/C23H26FN3O3S/c1-16(2)15-26-12-9-17-13-19(6-8-21(17)26)25-23(28)18-5-7-20(24)22(14-18)31(29,30)27-10-3-4-11-27/h5-9,12-14,16H,3-4,10-11,15H2,1-2H3,(H,25,28). The number of rotatable bonds is 6. The minimum absolute atomic E-state index is 0.0941. The highest BCUT2D eigenvalue weighted by Gasteiger charge is 2.30. The summed E-state index contributed by atoms with van der Waals surface area (Å²) in [4.78, 5) is 12.3. The van der Waals surface area contributed by atoms with E-state index in [1.807, 2.05) is 30.5 Å². The Balaban J connectivity index is 1.57. The minimum atomic E-state index is -3.96. The number of hydrogen-bond donors (Lipinski definition) is 1. The molecule has 0 saturated carbocycles. The van der Waals surface area contributed by atoms with Crippen molar-refractivity contribution in [1.29, 1.82) is 0 Å². The lowest BCUT2D eigenvalue weighted by Gasteiger charge is -2.16. The van der Waals surface area contributed by atoms with Crippen LogP contribution in [0.25, 0.3) is 10.9 Å². The monoisotopic (exact) mass is 443 g/mol. The summed E-state index contributed by atoms with van der Waals surface area (Å²) in [6.07, 6.45) is 3.52. The fourth-order valence-electron chi connectivity index (χ4n) is 3.94. The van der Waals surface area contributed by atoms with E-state index in [2.05, 4.69) is 23.7 Å². The van der Waals surface area contributed by atoms with Crippen molar-refractivity contribution in [2.24, 2.45) is 5.92 Å². The van der Waals surface area contributed by atoms with Gasteiger partial charge in [0.05, 0.1) is 0 Å². The summed E-state index contributed by atoms with van der Waals surface area (Å²) in [6.45, 7) is 5.95. The Hall–Kier alpha value is -2.71. The van der Waals surface area contributed by atoms with Crippen LogP contribution in [0.2, 0.25) is 0 Å². The second kappa shape index (κ2) is 8.43. The fraction of sp³-hybridized carbons (Fsp3) is 0.348. The first kappa shape index (κ1) is 21.5. The Morgan fingerprint density at radius 1 is 1.10 bits per heavy atom. The Morgan fingerprint density at radius 2 is 1.84 bits per heavy atom. The predicted octanol–water partition coefficient (Wildman–Crippen LogP) is 4.47. The zero-order chi connectivity index (χ0) is 22.2. The Labute approximate surface area is 181 Å². The summed E-state index contributed by atoms with van der Waals surface area (Å²) in [5, 5.41) is 3.78. The van der Waals surface area contributed by atoms with Gasteiger partial charge < -0.3 is 9.88 Å². The minimum Gasteiger partial charge on any atom is -0.347 e. The second-order valence-corrected chi connectivity index (χ2v) is 10.3. The topological polar surface area (TPSA) is 71.4 Å². The van der Waals surface area contributed by atoms with Crippen molar-refractivity contribution in [2.75, 3.05) is 18.4 Å². The lowest BCUT2D eigenvalue weighted by molar-refractivity contribution is 0.102. The van der Waals surface area contributed by atoms with Gasteiger partial charge in [-0.05, 0) is 61.2 Å². The summed E-state index contributed by atoms with van der Waals surface area (Å²) in [5.41, 5.74) is 1.76. The van der Waals surface area contributed by atoms with Crippen LogP contribution in [-0.4, -0.2) is 36.3 Å². The molecule has 1 aliphatic rings. The molecule has 0 unspecified atom stereocenters. The first-order chi connectivity index (χ1) is 14.8. The summed E-state index contributed by atoms with van der Waals surface area (Å²) >= 11 is 0. The Bertz CT molecular complexity index is 1230. The largest absolute Gasteiger partial charge is 0.347 e. The Kier molecular flexibility index (Phi) is 5.85. The molecule has 1 saturated heterocycles. The van der Waals surface area contributed by atoms with Gasteiger partial charge in [0, 0.05) is 48.0 Å². The maximum atomic E-state index is 14.3. The number of benzene rings is 2. The van der Waals surface area contributed by atoms with Crippen molar-refractivity contribution in [2.45, 2.75) is 38.1 Å². The summed E-state index contributed by atoms with van der Waals surface area (Å²) < 4.78 is 43.3. The van der Waals surface area contributed by atoms with E-state index in [1.165, 1.54) is 10.4 Å². The van der Waals surface area contributed by atoms with E-state index in [1.54, 1.807) is 0 Å². The zero-order valence-electron chi connectivity index (χ0n) is 17.6. The van der Waals surface area contributed by atoms with Crippen molar-refractivity contribution in [1.82, 2.24) is 8.87 Å². The van der Waals surface area contributed by atoms with Gasteiger partial charge in [-0.1, -0.05) is 13.8 Å². The van der Waals surface area contributed by atoms with Crippen molar-refractivity contribution in [3.8, 4) is 0 Å². The van der Waals surface area contributed by atoms with Crippen molar-refractivity contribution in [3.63, 3.8) is 0 Å². The Morgan fingerprint density at radius 3 is 2.55 bits per heavy atom. The van der Waals surface area contributed by atoms with Crippen LogP contribution in [0.3, 0.4) is 0 Å². The third-order valence-electron chi connectivity index (χ3n) is 5.47. The molecule has 0 bridgehead atoms. The van der Waals surface area contributed by atoms with Crippen LogP contribution in [0.4, 0.5) is 10.1 Å². The molecular weight excluding hydrogens is 417 g/mol. The van der Waals surface area contributed by atoms with Gasteiger partial charge in [0.15, 0.2) is 0 Å². The lowest BCUT2D eigenvalue weighted by atomic mass is 10.2. The molecule has 8 heteroatoms. The third kappa shape index (κ3) is 4.36. The molecule has 164 valence electrons. The van der Waals surface area contributed by atoms with Crippen LogP contribution in [0.1, 0.15) is 37.0 Å². The number of amides is 1. The first-order valence-corrected chi connectivity index (χ1v) is 11.9. The quantitative estimate of drug-likeness (QED) is 0.611. The molecule has 4 rings (SSSR count). The van der Waals surface area contributed by atoms with Gasteiger partial charge in [0.1, 0.15) is 10.7 Å². The normalized spacial score (nSPS) is 15.1. The van der Waals surface area contributed by atoms with Crippen molar-refractivity contribution < 1.29 is 17.6 Å². The van der Waals surface area contributed by atoms with E-state index in [0.717, 1.165) is 42.4 Å². The SMILES string of the molecule is CC(C)Cn1ccc2cc(NC(=O)c3ccc(F)c(S(=O)(=O)N4CCCC4)c3)ccc21. The maximum Gasteiger partial charge on any atom is 0.255 e. The highest BCUT2D eigenvalue weighted by Crippen LogP contribution is 2.25. The average Bonchev–Trinajstić information content (AvgIpc) is 3.38. The van der Waals surface area contributed by atoms with Crippen LogP contribution in [-0.2, 0) is 16.6 Å². The van der Waals surface area contributed by atoms with Gasteiger partial charge in [0.2, 0.25) is 10.0 Å². The number of fused-ring (bicyclic) bond motifs is 1. The molecule has 1 amide bonds. The fourth-order valence-corrected chi connectivity index (χ4v) is 5.55. The number of anilines is 1. The highest BCUT2D eigenvalue weighted by atomic mass is 32.2. The smallest absolute Gasteiger partial charge is 0.255 e. The van der Waals surface area contributed by atoms with Crippen LogP contribution in [0.5, 0.6) is 0 Å². The molecular formula is C23H26FN3O3S. The molecule has 2 aromatic carbocycles. The number of aromatic nitrogens is 1. The van der Waals surface area contributed by atoms with E-state index >= 15 is 0 Å². The van der Waals surface area contributed by atoms with Crippen molar-refractivity contribution in [3.05, 3.63) is 60.0 Å². The molecule has 6 nitrogen and oxygen atoms in total. The van der Waals surface area contributed by atoms with E-state index in [9.17, 15) is 17.6 Å². The van der Waals surface area contributed by atoms with Crippen LogP contribution < -0.4 is 5.32 Å². The van der Waals surface area contributed by atoms with Crippen molar-refractivity contribution >= 4 is 32.5 Å². The summed E-state index contributed by atoms with van der Waals surface area (Å²) in [5.74, 6) is -0.824. The lowest BCUT2D eigenvalue weighted by Crippen LogP contribution is -2.29. The van der Waals surface area contributed by atoms with E-state index < -0.39 is 26.6 Å². The number of carbonyl (C=O) groups excluding carboxylic acids is 1. The second-order valence-electron chi connectivity index (χ2n) is 8.35. The molecule has 1 fully saturated rings. The third-order valence-corrected chi connectivity index (χ3v) is 7.38. The van der Waals surface area contributed by atoms with E-state index in [4.69, 9.17) is 0 Å². The molecule has 1 aromatic heterocycles. The van der Waals surface area contributed by atoms with Crippen LogP contribution in [0, 0.1) is 11.7 Å². The number of nitrogens with zero attached hydrogens (tertiary/aromatic N) is 2. The number of carbonyl (C=O) groups is 1. The molecule has 1 N–H and O–H groups in total. The van der Waals surface area contributed by atoms with Crippen LogP contribution in [0.15, 0.2) is 53.6 Å². The molecule has 2 heterocycles. The number of nitrogens with one attached hydrogen (secondary N) is 1. The highest BCUT2D eigenvalue weighted by molar-refractivity contribution is 7.89. The molecule has 31 heavy (non-hydrogen) atoms. The van der Waals surface area contributed by atoms with Gasteiger partial charge in [-0.15, -0.1) is 0 Å². The first-order valence-electron chi connectivity index (χ1n) is 10.5. The van der Waals surface area contributed by atoms with Gasteiger partial charge in [-0.3, -0.25) is 4.79 Å². The van der Waals surface area contributed by atoms with E-state index in [0.29, 0.717) is 24.7 Å².